The Morgan fingerprint density at radius 1 is 0.895 bits per heavy atom. The van der Waals surface area contributed by atoms with Gasteiger partial charge < -0.3 is 4.74 Å². The summed E-state index contributed by atoms with van der Waals surface area (Å²) < 4.78 is 33.4. The van der Waals surface area contributed by atoms with Crippen LogP contribution in [-0.2, 0) is 16.6 Å². The number of amides is 1. The van der Waals surface area contributed by atoms with E-state index in [4.69, 9.17) is 10.00 Å². The molecule has 0 aliphatic heterocycles. The second kappa shape index (κ2) is 12.3. The molecule has 0 atom stereocenters. The predicted octanol–water partition coefficient (Wildman–Crippen LogP) is 4.75. The number of rotatable bonds is 10. The van der Waals surface area contributed by atoms with Crippen LogP contribution in [0.5, 0.6) is 5.75 Å². The molecular formula is C29H24N4O4S. The molecule has 1 N–H and O–H groups in total. The van der Waals surface area contributed by atoms with Crippen molar-refractivity contribution in [3.63, 3.8) is 0 Å². The largest absolute Gasteiger partial charge is 0.479 e. The van der Waals surface area contributed by atoms with E-state index in [9.17, 15) is 13.2 Å². The fraction of sp³-hybridized carbons (Fsp3) is 0.0690. The molecule has 0 aliphatic carbocycles. The van der Waals surface area contributed by atoms with Crippen LogP contribution in [0.15, 0.2) is 119 Å². The normalized spacial score (nSPS) is 11.0. The Morgan fingerprint density at radius 3 is 2.16 bits per heavy atom. The van der Waals surface area contributed by atoms with Crippen LogP contribution in [0.2, 0.25) is 0 Å². The van der Waals surface area contributed by atoms with Gasteiger partial charge in [-0.05, 0) is 71.8 Å². The maximum atomic E-state index is 13.4. The van der Waals surface area contributed by atoms with E-state index in [0.717, 1.165) is 5.56 Å². The first kappa shape index (κ1) is 26.1. The van der Waals surface area contributed by atoms with Gasteiger partial charge in [0.2, 0.25) is 0 Å². The molecule has 0 bridgehead atoms. The van der Waals surface area contributed by atoms with Crippen molar-refractivity contribution in [1.29, 1.82) is 5.26 Å². The fourth-order valence-electron chi connectivity index (χ4n) is 3.55. The molecule has 0 fully saturated rings. The van der Waals surface area contributed by atoms with Gasteiger partial charge >= 0.3 is 0 Å². The van der Waals surface area contributed by atoms with Crippen molar-refractivity contribution in [2.45, 2.75) is 11.4 Å². The van der Waals surface area contributed by atoms with Crippen molar-refractivity contribution in [1.82, 2.24) is 5.43 Å². The van der Waals surface area contributed by atoms with Gasteiger partial charge in [0.05, 0.1) is 23.3 Å². The van der Waals surface area contributed by atoms with Gasteiger partial charge in [-0.1, -0.05) is 48.5 Å². The zero-order chi connectivity index (χ0) is 26.8. The monoisotopic (exact) mass is 524 g/mol. The number of hydrazone groups is 1. The van der Waals surface area contributed by atoms with E-state index in [1.807, 2.05) is 12.1 Å². The van der Waals surface area contributed by atoms with E-state index in [1.165, 1.54) is 10.5 Å². The van der Waals surface area contributed by atoms with Crippen LogP contribution < -0.4 is 14.5 Å². The predicted molar refractivity (Wildman–Crippen MR) is 145 cm³/mol. The minimum atomic E-state index is -3.81. The first-order valence-corrected chi connectivity index (χ1v) is 13.1. The van der Waals surface area contributed by atoms with Crippen LogP contribution in [0.3, 0.4) is 0 Å². The van der Waals surface area contributed by atoms with Gasteiger partial charge in [0.1, 0.15) is 11.8 Å². The second-order valence-corrected chi connectivity index (χ2v) is 9.93. The number of nitrogens with one attached hydrogen (secondary N) is 1. The lowest BCUT2D eigenvalue weighted by molar-refractivity contribution is 0.0955. The molecule has 0 radical (unpaired) electrons. The van der Waals surface area contributed by atoms with Crippen molar-refractivity contribution in [2.24, 2.45) is 5.10 Å². The van der Waals surface area contributed by atoms with Gasteiger partial charge in [0.25, 0.3) is 15.9 Å². The van der Waals surface area contributed by atoms with Crippen molar-refractivity contribution < 1.29 is 17.9 Å². The first-order valence-electron chi connectivity index (χ1n) is 11.6. The molecule has 9 heteroatoms. The highest BCUT2D eigenvalue weighted by Crippen LogP contribution is 2.26. The van der Waals surface area contributed by atoms with Crippen LogP contribution in [0.4, 0.5) is 5.69 Å². The molecular weight excluding hydrogens is 500 g/mol. The average Bonchev–Trinajstić information content (AvgIpc) is 2.96. The van der Waals surface area contributed by atoms with Crippen molar-refractivity contribution in [2.75, 3.05) is 10.9 Å². The molecule has 4 aromatic rings. The molecule has 0 aromatic heterocycles. The molecule has 0 saturated heterocycles. The maximum absolute atomic E-state index is 13.4. The number of carbonyl (C=O) groups excluding carboxylic acids is 1. The van der Waals surface area contributed by atoms with Crippen molar-refractivity contribution in [3.8, 4) is 11.8 Å². The van der Waals surface area contributed by atoms with Gasteiger partial charge in [-0.25, -0.2) is 13.8 Å². The molecule has 4 rings (SSSR count). The lowest BCUT2D eigenvalue weighted by Gasteiger charge is -2.24. The fourth-order valence-corrected chi connectivity index (χ4v) is 5.03. The number of ether oxygens (including phenoxy) is 1. The lowest BCUT2D eigenvalue weighted by atomic mass is 10.1. The Morgan fingerprint density at radius 2 is 1.53 bits per heavy atom. The molecule has 38 heavy (non-hydrogen) atoms. The quantitative estimate of drug-likeness (QED) is 0.238. The lowest BCUT2D eigenvalue weighted by Crippen LogP contribution is -2.30. The zero-order valence-corrected chi connectivity index (χ0v) is 21.1. The van der Waals surface area contributed by atoms with Gasteiger partial charge in [-0.3, -0.25) is 9.10 Å². The van der Waals surface area contributed by atoms with Crippen LogP contribution >= 0.6 is 0 Å². The van der Waals surface area contributed by atoms with Gasteiger partial charge in [0, 0.05) is 5.56 Å². The number of para-hydroxylation sites is 1. The highest BCUT2D eigenvalue weighted by atomic mass is 32.2. The number of anilines is 1. The van der Waals surface area contributed by atoms with E-state index >= 15 is 0 Å². The van der Waals surface area contributed by atoms with E-state index < -0.39 is 15.9 Å². The van der Waals surface area contributed by atoms with E-state index in [1.54, 1.807) is 103 Å². The maximum Gasteiger partial charge on any atom is 0.271 e. The molecule has 4 aromatic carbocycles. The van der Waals surface area contributed by atoms with Gasteiger partial charge in [0.15, 0.2) is 6.61 Å². The second-order valence-electron chi connectivity index (χ2n) is 8.07. The number of sulfonamides is 1. The molecule has 1 amide bonds. The number of nitriles is 1. The molecule has 0 saturated carbocycles. The minimum Gasteiger partial charge on any atom is -0.479 e. The molecule has 0 aliphatic rings. The number of hydrogen-bond donors (Lipinski definition) is 1. The SMILES string of the molecule is N#CCOc1ccc(C=NNC(=O)c2ccc(CN(c3ccccc3)S(=O)(=O)c3ccccc3)cc2)cc1. The van der Waals surface area contributed by atoms with Gasteiger partial charge in [-0.2, -0.15) is 10.4 Å². The summed E-state index contributed by atoms with van der Waals surface area (Å²) >= 11 is 0. The number of nitrogens with zero attached hydrogens (tertiary/aromatic N) is 3. The third kappa shape index (κ3) is 6.63. The summed E-state index contributed by atoms with van der Waals surface area (Å²) in [4.78, 5) is 12.7. The number of hydrogen-bond acceptors (Lipinski definition) is 6. The minimum absolute atomic E-state index is 0.0323. The third-order valence-corrected chi connectivity index (χ3v) is 7.27. The molecule has 8 nitrogen and oxygen atoms in total. The van der Waals surface area contributed by atoms with E-state index in [2.05, 4.69) is 10.5 Å². The summed E-state index contributed by atoms with van der Waals surface area (Å²) in [6.45, 7) is 0.0603. The first-order chi connectivity index (χ1) is 18.5. The van der Waals surface area contributed by atoms with E-state index in [-0.39, 0.29) is 18.0 Å². The van der Waals surface area contributed by atoms with Gasteiger partial charge in [-0.15, -0.1) is 0 Å². The van der Waals surface area contributed by atoms with Crippen LogP contribution in [0.25, 0.3) is 0 Å². The Hall–Kier alpha value is -4.94. The summed E-state index contributed by atoms with van der Waals surface area (Å²) in [7, 11) is -3.81. The molecule has 0 unspecified atom stereocenters. The summed E-state index contributed by atoms with van der Waals surface area (Å²) in [6.07, 6.45) is 1.49. The number of benzene rings is 4. The summed E-state index contributed by atoms with van der Waals surface area (Å²) in [5, 5.41) is 12.5. The average molecular weight is 525 g/mol. The molecule has 0 heterocycles. The summed E-state index contributed by atoms with van der Waals surface area (Å²) in [6, 6.07) is 32.6. The molecule has 190 valence electrons. The number of carbonyl (C=O) groups is 1. The zero-order valence-electron chi connectivity index (χ0n) is 20.3. The Kier molecular flexibility index (Phi) is 8.49. The highest BCUT2D eigenvalue weighted by Gasteiger charge is 2.25. The smallest absolute Gasteiger partial charge is 0.271 e. The topological polar surface area (TPSA) is 112 Å². The Balaban J connectivity index is 1.44. The standard InChI is InChI=1S/C29H24N4O4S/c30-19-20-37-27-17-13-23(14-18-27)21-31-32-29(34)25-15-11-24(12-16-25)22-33(26-7-3-1-4-8-26)38(35,36)28-9-5-2-6-10-28/h1-18,21H,20,22H2,(H,32,34). The highest BCUT2D eigenvalue weighted by molar-refractivity contribution is 7.92. The summed E-state index contributed by atoms with van der Waals surface area (Å²) in [5.74, 6) is 0.161. The van der Waals surface area contributed by atoms with Crippen molar-refractivity contribution in [3.05, 3.63) is 126 Å². The van der Waals surface area contributed by atoms with Crippen LogP contribution in [0.1, 0.15) is 21.5 Å². The Labute approximate surface area is 221 Å². The Bertz CT molecular complexity index is 1530. The van der Waals surface area contributed by atoms with E-state index in [0.29, 0.717) is 22.6 Å². The summed E-state index contributed by atoms with van der Waals surface area (Å²) in [5.41, 5.74) is 4.85. The van der Waals surface area contributed by atoms with Crippen LogP contribution in [0, 0.1) is 11.3 Å². The molecule has 0 spiro atoms. The van der Waals surface area contributed by atoms with Crippen molar-refractivity contribution >= 4 is 27.8 Å². The van der Waals surface area contributed by atoms with Crippen LogP contribution in [-0.4, -0.2) is 27.1 Å². The third-order valence-electron chi connectivity index (χ3n) is 5.48.